The molecule has 4 aromatic rings. The molecule has 0 heterocycles. The second-order valence-corrected chi connectivity index (χ2v) is 22.3. The van der Waals surface area contributed by atoms with Crippen LogP contribution in [0.15, 0.2) is 84.9 Å². The first-order chi connectivity index (χ1) is 26.5. The molecule has 0 aliphatic carbocycles. The van der Waals surface area contributed by atoms with E-state index in [-0.39, 0.29) is 11.6 Å². The van der Waals surface area contributed by atoms with Crippen molar-refractivity contribution in [2.45, 2.75) is 118 Å². The Bertz CT molecular complexity index is 1940. The van der Waals surface area contributed by atoms with Gasteiger partial charge in [-0.05, 0) is 153 Å². The number of aliphatic hydroxyl groups excluding tert-OH is 1. The van der Waals surface area contributed by atoms with Crippen LogP contribution in [0.2, 0.25) is 18.1 Å². The molecule has 10 nitrogen and oxygen atoms in total. The smallest absolute Gasteiger partial charge is 0.407 e. The van der Waals surface area contributed by atoms with Crippen molar-refractivity contribution in [2.75, 3.05) is 14.2 Å². The molecule has 0 aliphatic rings. The summed E-state index contributed by atoms with van der Waals surface area (Å²) in [7, 11) is 1.43. The fourth-order valence-electron chi connectivity index (χ4n) is 5.24. The van der Waals surface area contributed by atoms with Crippen molar-refractivity contribution in [3.63, 3.8) is 0 Å². The van der Waals surface area contributed by atoms with Gasteiger partial charge in [-0.2, -0.15) is 0 Å². The van der Waals surface area contributed by atoms with Gasteiger partial charge in [-0.1, -0.05) is 57.2 Å². The first-order valence-corrected chi connectivity index (χ1v) is 22.1. The van der Waals surface area contributed by atoms with Gasteiger partial charge in [0, 0.05) is 13.1 Å². The van der Waals surface area contributed by atoms with E-state index in [1.54, 1.807) is 14.2 Å². The molecule has 3 N–H and O–H groups in total. The Labute approximate surface area is 341 Å². The van der Waals surface area contributed by atoms with E-state index in [1.807, 2.05) is 96.1 Å². The van der Waals surface area contributed by atoms with Crippen molar-refractivity contribution < 1.29 is 38.1 Å². The van der Waals surface area contributed by atoms with Crippen molar-refractivity contribution in [1.29, 1.82) is 0 Å². The number of rotatable bonds is 12. The number of carbonyl (C=O) groups excluding carboxylic acids is 2. The quantitative estimate of drug-likeness (QED) is 0.121. The van der Waals surface area contributed by atoms with E-state index in [2.05, 4.69) is 74.8 Å². The van der Waals surface area contributed by atoms with Gasteiger partial charge in [0.15, 0.2) is 8.32 Å². The largest absolute Gasteiger partial charge is 0.497 e. The van der Waals surface area contributed by atoms with Gasteiger partial charge in [0.05, 0.1) is 27.4 Å². The molecule has 11 heteroatoms. The molecule has 57 heavy (non-hydrogen) atoms. The topological polar surface area (TPSA) is 125 Å². The zero-order valence-electron chi connectivity index (χ0n) is 36.2. The first kappa shape index (κ1) is 46.5. The highest BCUT2D eigenvalue weighted by Crippen LogP contribution is 2.37. The van der Waals surface area contributed by atoms with Gasteiger partial charge in [-0.3, -0.25) is 0 Å². The van der Waals surface area contributed by atoms with E-state index >= 15 is 0 Å². The predicted molar refractivity (Wildman–Crippen MR) is 231 cm³/mol. The third kappa shape index (κ3) is 15.9. The van der Waals surface area contributed by atoms with Crippen LogP contribution in [-0.2, 0) is 40.2 Å². The molecule has 310 valence electrons. The number of carbonyl (C=O) groups is 2. The van der Waals surface area contributed by atoms with Gasteiger partial charge in [0.2, 0.25) is 0 Å². The monoisotopic (exact) mass is 800 g/mol. The highest BCUT2D eigenvalue weighted by molar-refractivity contribution is 6.74. The molecule has 0 bridgehead atoms. The van der Waals surface area contributed by atoms with Crippen LogP contribution in [-0.4, -0.2) is 51.0 Å². The van der Waals surface area contributed by atoms with Crippen molar-refractivity contribution in [3.8, 4) is 33.8 Å². The number of nitrogens with one attached hydrogen (secondary N) is 2. The van der Waals surface area contributed by atoms with E-state index in [0.717, 1.165) is 50.3 Å². The Kier molecular flexibility index (Phi) is 16.4. The number of benzene rings is 4. The highest BCUT2D eigenvalue weighted by Gasteiger charge is 2.37. The molecular formula is C46H64N2O8Si. The average Bonchev–Trinajstić information content (AvgIpc) is 3.13. The summed E-state index contributed by atoms with van der Waals surface area (Å²) < 4.78 is 27.9. The minimum absolute atomic E-state index is 0.00906. The number of amides is 2. The van der Waals surface area contributed by atoms with Crippen LogP contribution in [0, 0.1) is 0 Å². The summed E-state index contributed by atoms with van der Waals surface area (Å²) in [5, 5.41) is 15.1. The second-order valence-electron chi connectivity index (χ2n) is 17.5. The van der Waals surface area contributed by atoms with Crippen LogP contribution in [0.5, 0.6) is 11.5 Å². The average molecular weight is 801 g/mol. The predicted octanol–water partition coefficient (Wildman–Crippen LogP) is 10.8. The normalized spacial score (nSPS) is 11.8. The third-order valence-electron chi connectivity index (χ3n) is 9.18. The summed E-state index contributed by atoms with van der Waals surface area (Å²) in [5.74, 6) is 1.44. The fourth-order valence-corrected chi connectivity index (χ4v) is 6.20. The van der Waals surface area contributed by atoms with Crippen LogP contribution in [0.4, 0.5) is 9.59 Å². The summed E-state index contributed by atoms with van der Waals surface area (Å²) in [6.45, 7) is 23.6. The number of aliphatic hydroxyl groups is 1. The fraction of sp³-hybridized carbons (Fsp3) is 0.435. The minimum Gasteiger partial charge on any atom is -0.497 e. The van der Waals surface area contributed by atoms with E-state index in [1.165, 1.54) is 0 Å². The summed E-state index contributed by atoms with van der Waals surface area (Å²) in [6, 6.07) is 27.8. The lowest BCUT2D eigenvalue weighted by molar-refractivity contribution is 0.0512. The molecule has 0 aromatic heterocycles. The SMILES string of the molecule is COc1cc(CNC(=O)OC(C)(C)C)cc(-c2cccc(CO)c2)c1.COc1cc(CNC(=O)OC(C)(C)C)cc(-c2cccc(CO[Si](C)(C)C(C)(C)C)c2)c1. The molecule has 0 radical (unpaired) electrons. The molecule has 0 spiro atoms. The molecule has 0 aliphatic heterocycles. The van der Waals surface area contributed by atoms with E-state index < -0.39 is 31.7 Å². The number of methoxy groups -OCH3 is 2. The van der Waals surface area contributed by atoms with Gasteiger partial charge in [-0.25, -0.2) is 9.59 Å². The maximum atomic E-state index is 12.0. The van der Waals surface area contributed by atoms with Crippen molar-refractivity contribution in [3.05, 3.63) is 107 Å². The number of ether oxygens (including phenoxy) is 4. The van der Waals surface area contributed by atoms with Crippen LogP contribution in [0.1, 0.15) is 84.6 Å². The Morgan fingerprint density at radius 1 is 0.579 bits per heavy atom. The van der Waals surface area contributed by atoms with Gasteiger partial charge in [-0.15, -0.1) is 0 Å². The first-order valence-electron chi connectivity index (χ1n) is 19.2. The lowest BCUT2D eigenvalue weighted by atomic mass is 10.0. The number of hydrogen-bond donors (Lipinski definition) is 3. The standard InChI is InChI=1S/C26H39NO4Si.C20H25NO4/c1-25(2,3)31-24(28)27-17-20-14-22(16-23(15-20)29-7)21-12-10-11-19(13-21)18-30-32(8,9)26(4,5)6;1-20(2,3)25-19(23)21-12-15-9-17(11-18(10-15)24-4)16-7-5-6-14(8-16)13-22/h10-16H,17-18H2,1-9H3,(H,27,28);5-11,22H,12-13H2,1-4H3,(H,21,23). The van der Waals surface area contributed by atoms with Crippen molar-refractivity contribution in [2.24, 2.45) is 0 Å². The van der Waals surface area contributed by atoms with Crippen molar-refractivity contribution >= 4 is 20.5 Å². The van der Waals surface area contributed by atoms with Gasteiger partial charge >= 0.3 is 12.2 Å². The summed E-state index contributed by atoms with van der Waals surface area (Å²) in [4.78, 5) is 23.9. The van der Waals surface area contributed by atoms with Crippen molar-refractivity contribution in [1.82, 2.24) is 10.6 Å². The molecule has 0 atom stereocenters. The van der Waals surface area contributed by atoms with Crippen LogP contribution < -0.4 is 20.1 Å². The Morgan fingerprint density at radius 2 is 0.982 bits per heavy atom. The van der Waals surface area contributed by atoms with E-state index in [9.17, 15) is 14.7 Å². The van der Waals surface area contributed by atoms with Crippen LogP contribution in [0.3, 0.4) is 0 Å². The third-order valence-corrected chi connectivity index (χ3v) is 13.7. The zero-order valence-corrected chi connectivity index (χ0v) is 37.2. The molecule has 4 aromatic carbocycles. The maximum absolute atomic E-state index is 12.0. The molecular weight excluding hydrogens is 737 g/mol. The van der Waals surface area contributed by atoms with Gasteiger partial charge in [0.25, 0.3) is 0 Å². The molecule has 0 saturated heterocycles. The van der Waals surface area contributed by atoms with Gasteiger partial charge in [0.1, 0.15) is 22.7 Å². The second kappa shape index (κ2) is 20.0. The maximum Gasteiger partial charge on any atom is 0.407 e. The zero-order chi connectivity index (χ0) is 42.6. The molecule has 0 fully saturated rings. The summed E-state index contributed by atoms with van der Waals surface area (Å²) in [5.41, 5.74) is 6.79. The van der Waals surface area contributed by atoms with Crippen LogP contribution in [0.25, 0.3) is 22.3 Å². The number of hydrogen-bond acceptors (Lipinski definition) is 8. The summed E-state index contributed by atoms with van der Waals surface area (Å²) >= 11 is 0. The molecule has 0 saturated carbocycles. The highest BCUT2D eigenvalue weighted by atomic mass is 28.4. The lowest BCUT2D eigenvalue weighted by Crippen LogP contribution is -2.40. The molecule has 4 rings (SSSR count). The van der Waals surface area contributed by atoms with E-state index in [4.69, 9.17) is 23.4 Å². The Morgan fingerprint density at radius 3 is 1.37 bits per heavy atom. The van der Waals surface area contributed by atoms with Gasteiger partial charge < -0.3 is 39.1 Å². The lowest BCUT2D eigenvalue weighted by Gasteiger charge is -2.36. The van der Waals surface area contributed by atoms with E-state index in [0.29, 0.717) is 25.4 Å². The number of alkyl carbamates (subject to hydrolysis) is 2. The molecule has 2 amide bonds. The Balaban J connectivity index is 0.000000315. The minimum atomic E-state index is -1.82. The van der Waals surface area contributed by atoms with Crippen LogP contribution >= 0.6 is 0 Å². The molecule has 0 unspecified atom stereocenters. The summed E-state index contributed by atoms with van der Waals surface area (Å²) in [6.07, 6.45) is -0.897. The Hall–Kier alpha value is -4.84.